The molecule has 0 radical (unpaired) electrons. The molecule has 214 valence electrons. The number of aromatic hydroxyl groups is 1. The Balaban J connectivity index is 1.59. The molecule has 6 rings (SSSR count). The van der Waals surface area contributed by atoms with E-state index in [9.17, 15) is 34.3 Å². The molecule has 2 fully saturated rings. The van der Waals surface area contributed by atoms with E-state index >= 15 is 0 Å². The third-order valence-electron chi connectivity index (χ3n) is 9.17. The molecule has 42 heavy (non-hydrogen) atoms. The maximum absolute atomic E-state index is 14.4. The molecule has 1 aromatic heterocycles. The van der Waals surface area contributed by atoms with Crippen molar-refractivity contribution in [3.05, 3.63) is 53.6 Å². The van der Waals surface area contributed by atoms with Crippen LogP contribution in [0.4, 0.5) is 0 Å². The first kappa shape index (κ1) is 27.5. The van der Waals surface area contributed by atoms with E-state index in [1.165, 1.54) is 25.1 Å². The summed E-state index contributed by atoms with van der Waals surface area (Å²) in [7, 11) is 2.90. The van der Waals surface area contributed by atoms with Gasteiger partial charge in [0.25, 0.3) is 0 Å². The number of amides is 1. The van der Waals surface area contributed by atoms with Crippen LogP contribution in [0.1, 0.15) is 22.3 Å². The van der Waals surface area contributed by atoms with Crippen LogP contribution in [0.5, 0.6) is 5.75 Å². The number of ketones is 4. The lowest BCUT2D eigenvalue weighted by Gasteiger charge is -2.60. The van der Waals surface area contributed by atoms with Gasteiger partial charge in [0.05, 0.1) is 23.2 Å². The van der Waals surface area contributed by atoms with Gasteiger partial charge >= 0.3 is 0 Å². The van der Waals surface area contributed by atoms with Gasteiger partial charge < -0.3 is 26.7 Å². The fraction of sp³-hybridized carbons (Fsp3) is 0.333. The molecule has 3 aliphatic rings. The van der Waals surface area contributed by atoms with Crippen molar-refractivity contribution >= 4 is 40.0 Å². The normalized spacial score (nSPS) is 32.3. The highest BCUT2D eigenvalue weighted by molar-refractivity contribution is 6.33. The summed E-state index contributed by atoms with van der Waals surface area (Å²) >= 11 is 0. The molecule has 0 saturated heterocycles. The Kier molecular flexibility index (Phi) is 5.66. The maximum atomic E-state index is 14.4. The van der Waals surface area contributed by atoms with Gasteiger partial charge in [-0.2, -0.15) is 5.26 Å². The number of primary amides is 1. The molecule has 12 nitrogen and oxygen atoms in total. The zero-order chi connectivity index (χ0) is 30.5. The fourth-order valence-electron chi connectivity index (χ4n) is 7.55. The molecule has 2 saturated carbocycles. The molecule has 3 aromatic rings. The number of hydrogen-bond acceptors (Lipinski definition) is 11. The minimum absolute atomic E-state index is 0.187. The smallest absolute Gasteiger partial charge is 0.235 e. The molecule has 1 heterocycles. The fourth-order valence-corrected chi connectivity index (χ4v) is 7.55. The zero-order valence-corrected chi connectivity index (χ0v) is 22.7. The number of likely N-dealkylation sites (N-methyl/N-ethyl adjacent to an activating group) is 1. The first-order valence-corrected chi connectivity index (χ1v) is 13.2. The number of para-hydroxylation sites is 1. The second-order valence-corrected chi connectivity index (χ2v) is 11.8. The van der Waals surface area contributed by atoms with E-state index in [1.807, 2.05) is 12.1 Å². The number of rotatable bonds is 3. The number of phenols is 1. The first-order valence-electron chi connectivity index (χ1n) is 13.2. The number of carbonyl (C=O) groups excluding carboxylic acids is 5. The molecular weight excluding hydrogens is 542 g/mol. The van der Waals surface area contributed by atoms with Crippen LogP contribution in [0.3, 0.4) is 0 Å². The summed E-state index contributed by atoms with van der Waals surface area (Å²) in [6.07, 6.45) is -0.677. The SMILES string of the molecule is CN(C)[C@@H]1C(=O)C(C(N)=O)C(=O)[C@@]2(C#N)C(=O)C3C(=O)c4c(O)ccc(-c5cc6ccccc6o5)c4C[C@@]3(N)C[C@@]12N. The van der Waals surface area contributed by atoms with Crippen LogP contribution in [0.2, 0.25) is 0 Å². The summed E-state index contributed by atoms with van der Waals surface area (Å²) in [5, 5.41) is 22.1. The zero-order valence-electron chi connectivity index (χ0n) is 22.7. The van der Waals surface area contributed by atoms with Crippen molar-refractivity contribution in [1.82, 2.24) is 4.90 Å². The van der Waals surface area contributed by atoms with Crippen molar-refractivity contribution in [2.24, 2.45) is 34.5 Å². The number of furan rings is 1. The Labute approximate surface area is 239 Å². The van der Waals surface area contributed by atoms with Crippen LogP contribution in [-0.4, -0.2) is 70.3 Å². The number of hydrogen-bond donors (Lipinski definition) is 4. The number of fused-ring (bicyclic) bond motifs is 4. The van der Waals surface area contributed by atoms with Gasteiger partial charge in [-0.25, -0.2) is 0 Å². The molecule has 0 aliphatic heterocycles. The van der Waals surface area contributed by atoms with Crippen molar-refractivity contribution in [3.63, 3.8) is 0 Å². The average Bonchev–Trinajstić information content (AvgIpc) is 3.31. The minimum atomic E-state index is -2.79. The Morgan fingerprint density at radius 1 is 1.10 bits per heavy atom. The summed E-state index contributed by atoms with van der Waals surface area (Å²) in [4.78, 5) is 69.5. The van der Waals surface area contributed by atoms with Gasteiger partial charge in [-0.1, -0.05) is 18.2 Å². The Hall–Kier alpha value is -4.70. The Bertz CT molecular complexity index is 1790. The number of nitriles is 1. The van der Waals surface area contributed by atoms with Crippen LogP contribution in [0, 0.1) is 28.6 Å². The predicted octanol–water partition coefficient (Wildman–Crippen LogP) is 0.222. The molecule has 12 heteroatoms. The van der Waals surface area contributed by atoms with Crippen molar-refractivity contribution < 1.29 is 33.5 Å². The van der Waals surface area contributed by atoms with Crippen LogP contribution < -0.4 is 17.2 Å². The molecule has 0 bridgehead atoms. The number of carbonyl (C=O) groups is 5. The van der Waals surface area contributed by atoms with Gasteiger partial charge in [-0.3, -0.25) is 28.9 Å². The Morgan fingerprint density at radius 3 is 2.40 bits per heavy atom. The van der Waals surface area contributed by atoms with Gasteiger partial charge in [0, 0.05) is 16.5 Å². The monoisotopic (exact) mass is 569 g/mol. The maximum Gasteiger partial charge on any atom is 0.235 e. The molecule has 6 atom stereocenters. The molecule has 3 aliphatic carbocycles. The summed E-state index contributed by atoms with van der Waals surface area (Å²) in [6.45, 7) is 0. The molecule has 0 spiro atoms. The van der Waals surface area contributed by atoms with Crippen LogP contribution >= 0.6 is 0 Å². The second-order valence-electron chi connectivity index (χ2n) is 11.8. The highest BCUT2D eigenvalue weighted by Crippen LogP contribution is 2.57. The molecule has 2 aromatic carbocycles. The number of benzene rings is 2. The Morgan fingerprint density at radius 2 is 1.79 bits per heavy atom. The molecule has 1 amide bonds. The van der Waals surface area contributed by atoms with Gasteiger partial charge in [-0.05, 0) is 56.8 Å². The first-order chi connectivity index (χ1) is 19.7. The lowest BCUT2D eigenvalue weighted by Crippen LogP contribution is -2.85. The highest BCUT2D eigenvalue weighted by Gasteiger charge is 2.78. The van der Waals surface area contributed by atoms with E-state index in [-0.39, 0.29) is 12.0 Å². The van der Waals surface area contributed by atoms with E-state index in [1.54, 1.807) is 30.3 Å². The molecular formula is C30H27N5O7. The molecule has 2 unspecified atom stereocenters. The summed E-state index contributed by atoms with van der Waals surface area (Å²) in [5.41, 5.74) is 13.5. The van der Waals surface area contributed by atoms with E-state index in [2.05, 4.69) is 0 Å². The number of nitrogens with zero attached hydrogens (tertiary/aromatic N) is 2. The summed E-state index contributed by atoms with van der Waals surface area (Å²) < 4.78 is 6.03. The summed E-state index contributed by atoms with van der Waals surface area (Å²) in [5.74, 6) is -9.73. The predicted molar refractivity (Wildman–Crippen MR) is 147 cm³/mol. The number of phenolic OH excluding ortho intramolecular Hbond substituents is 1. The summed E-state index contributed by atoms with van der Waals surface area (Å²) in [6, 6.07) is 12.1. The van der Waals surface area contributed by atoms with Gasteiger partial charge in [-0.15, -0.1) is 0 Å². The van der Waals surface area contributed by atoms with Crippen LogP contribution in [-0.2, 0) is 25.6 Å². The van der Waals surface area contributed by atoms with E-state index in [0.717, 1.165) is 5.39 Å². The lowest BCUT2D eigenvalue weighted by molar-refractivity contribution is -0.166. The third kappa shape index (κ3) is 3.18. The van der Waals surface area contributed by atoms with Crippen LogP contribution in [0.25, 0.3) is 22.3 Å². The lowest BCUT2D eigenvalue weighted by atomic mass is 9.42. The van der Waals surface area contributed by atoms with Crippen molar-refractivity contribution in [1.29, 1.82) is 5.26 Å². The molecule has 7 N–H and O–H groups in total. The average molecular weight is 570 g/mol. The van der Waals surface area contributed by atoms with Crippen molar-refractivity contribution in [3.8, 4) is 23.1 Å². The van der Waals surface area contributed by atoms with Crippen molar-refractivity contribution in [2.45, 2.75) is 30.0 Å². The van der Waals surface area contributed by atoms with Crippen LogP contribution in [0.15, 0.2) is 46.9 Å². The standard InChI is InChI=1S/C30H27N5O7/c1-35(2)24-23(38)20(27(32)41)25(39)29(12-31)26(40)21-22(37)19-15(10-28(21,33)11-30(24,29)34)14(7-8-16(19)36)18-9-13-5-3-4-6-17(13)42-18/h3-9,20-21,24,36H,10-11,33-34H2,1-2H3,(H2,32,41)/t20?,21?,24-,28-,29+,30-/m1/s1. The van der Waals surface area contributed by atoms with E-state index in [0.29, 0.717) is 22.5 Å². The largest absolute Gasteiger partial charge is 0.507 e. The quantitative estimate of drug-likeness (QED) is 0.312. The van der Waals surface area contributed by atoms with Gasteiger partial charge in [0.2, 0.25) is 5.91 Å². The number of nitrogens with two attached hydrogens (primary N) is 3. The topological polar surface area (TPSA) is 224 Å². The van der Waals surface area contributed by atoms with E-state index in [4.69, 9.17) is 21.6 Å². The second kappa shape index (κ2) is 8.65. The van der Waals surface area contributed by atoms with Crippen molar-refractivity contribution in [2.75, 3.05) is 14.1 Å². The number of Topliss-reactive ketones (excluding diaryl/α,β-unsaturated/α-hetero) is 4. The van der Waals surface area contributed by atoms with Gasteiger partial charge in [0.1, 0.15) is 23.0 Å². The highest BCUT2D eigenvalue weighted by atomic mass is 16.3. The minimum Gasteiger partial charge on any atom is -0.507 e. The third-order valence-corrected chi connectivity index (χ3v) is 9.17. The van der Waals surface area contributed by atoms with Gasteiger partial charge in [0.15, 0.2) is 34.5 Å². The van der Waals surface area contributed by atoms with E-state index < -0.39 is 75.6 Å².